The Hall–Kier alpha value is -2.29. The minimum Gasteiger partial charge on any atom is -0.456 e. The minimum atomic E-state index is -0.645. The zero-order chi connectivity index (χ0) is 18.2. The van der Waals surface area contributed by atoms with Gasteiger partial charge in [0.25, 0.3) is 5.91 Å². The maximum atomic E-state index is 12.8. The van der Waals surface area contributed by atoms with Crippen molar-refractivity contribution in [1.82, 2.24) is 0 Å². The molecule has 0 spiro atoms. The standard InChI is InChI=1S/C18H15FINO4/c19-13-6-4-12(5-7-13)16(22)8-9-18(24)25-11-17(23)21-15-3-1-2-14(20)10-15/h1-7,10H,8-9,11H2,(H,21,23). The minimum absolute atomic E-state index is 0.0665. The van der Waals surface area contributed by atoms with Crippen molar-refractivity contribution >= 4 is 45.9 Å². The summed E-state index contributed by atoms with van der Waals surface area (Å²) in [6.07, 6.45) is -0.213. The molecule has 0 aliphatic carbocycles. The van der Waals surface area contributed by atoms with E-state index in [1.54, 1.807) is 18.2 Å². The average molecular weight is 455 g/mol. The van der Waals surface area contributed by atoms with Crippen LogP contribution in [0.3, 0.4) is 0 Å². The van der Waals surface area contributed by atoms with Crippen LogP contribution in [0.1, 0.15) is 23.2 Å². The van der Waals surface area contributed by atoms with E-state index in [1.165, 1.54) is 24.3 Å². The lowest BCUT2D eigenvalue weighted by Crippen LogP contribution is -2.21. The molecule has 0 heterocycles. The molecule has 0 saturated heterocycles. The van der Waals surface area contributed by atoms with E-state index in [2.05, 4.69) is 27.9 Å². The summed E-state index contributed by atoms with van der Waals surface area (Å²) in [4.78, 5) is 35.2. The first-order chi connectivity index (χ1) is 11.9. The van der Waals surface area contributed by atoms with Crippen molar-refractivity contribution in [2.75, 3.05) is 11.9 Å². The molecule has 0 radical (unpaired) electrons. The van der Waals surface area contributed by atoms with Crippen LogP contribution in [0.5, 0.6) is 0 Å². The Bertz CT molecular complexity index is 777. The normalized spacial score (nSPS) is 10.2. The summed E-state index contributed by atoms with van der Waals surface area (Å²) in [5.41, 5.74) is 0.935. The zero-order valence-corrected chi connectivity index (χ0v) is 15.3. The summed E-state index contributed by atoms with van der Waals surface area (Å²) in [6.45, 7) is -0.422. The number of benzene rings is 2. The highest BCUT2D eigenvalue weighted by atomic mass is 127. The number of hydrogen-bond donors (Lipinski definition) is 1. The third-order valence-corrected chi connectivity index (χ3v) is 3.87. The Morgan fingerprint density at radius 2 is 1.76 bits per heavy atom. The lowest BCUT2D eigenvalue weighted by Gasteiger charge is -2.07. The number of Topliss-reactive ketones (excluding diaryl/α,β-unsaturated/α-hetero) is 1. The van der Waals surface area contributed by atoms with Gasteiger partial charge in [0.1, 0.15) is 5.82 Å². The fourth-order valence-corrected chi connectivity index (χ4v) is 2.52. The highest BCUT2D eigenvalue weighted by molar-refractivity contribution is 14.1. The molecule has 0 saturated carbocycles. The third-order valence-electron chi connectivity index (χ3n) is 3.20. The number of ketones is 1. The summed E-state index contributed by atoms with van der Waals surface area (Å²) in [6, 6.07) is 12.3. The van der Waals surface area contributed by atoms with Crippen molar-refractivity contribution in [1.29, 1.82) is 0 Å². The van der Waals surface area contributed by atoms with Crippen molar-refractivity contribution in [3.8, 4) is 0 Å². The van der Waals surface area contributed by atoms with Crippen LogP contribution in [0.15, 0.2) is 48.5 Å². The highest BCUT2D eigenvalue weighted by Crippen LogP contribution is 2.12. The first-order valence-corrected chi connectivity index (χ1v) is 8.52. The Kier molecular flexibility index (Phi) is 7.05. The second kappa shape index (κ2) is 9.26. The molecule has 0 aromatic heterocycles. The molecule has 0 bridgehead atoms. The largest absolute Gasteiger partial charge is 0.456 e. The second-order valence-electron chi connectivity index (χ2n) is 5.15. The van der Waals surface area contributed by atoms with E-state index in [0.717, 1.165) is 3.57 Å². The number of halogens is 2. The van der Waals surface area contributed by atoms with Gasteiger partial charge >= 0.3 is 5.97 Å². The van der Waals surface area contributed by atoms with E-state index < -0.39 is 24.3 Å². The Labute approximate surface area is 157 Å². The van der Waals surface area contributed by atoms with Crippen molar-refractivity contribution in [2.45, 2.75) is 12.8 Å². The van der Waals surface area contributed by atoms with Crippen LogP contribution in [0.25, 0.3) is 0 Å². The van der Waals surface area contributed by atoms with Gasteiger partial charge in [-0.25, -0.2) is 4.39 Å². The SMILES string of the molecule is O=C(COC(=O)CCC(=O)c1ccc(F)cc1)Nc1cccc(I)c1. The zero-order valence-electron chi connectivity index (χ0n) is 13.1. The average Bonchev–Trinajstić information content (AvgIpc) is 2.58. The molecule has 1 amide bonds. The Morgan fingerprint density at radius 1 is 1.04 bits per heavy atom. The summed E-state index contributed by atoms with van der Waals surface area (Å²) >= 11 is 2.12. The molecular weight excluding hydrogens is 440 g/mol. The van der Waals surface area contributed by atoms with Gasteiger partial charge in [-0.3, -0.25) is 14.4 Å². The number of hydrogen-bond acceptors (Lipinski definition) is 4. The lowest BCUT2D eigenvalue weighted by atomic mass is 10.1. The quantitative estimate of drug-likeness (QED) is 0.394. The van der Waals surface area contributed by atoms with E-state index in [4.69, 9.17) is 4.74 Å². The maximum Gasteiger partial charge on any atom is 0.306 e. The van der Waals surface area contributed by atoms with E-state index in [-0.39, 0.29) is 18.6 Å². The molecule has 130 valence electrons. The molecule has 2 rings (SSSR count). The monoisotopic (exact) mass is 455 g/mol. The smallest absolute Gasteiger partial charge is 0.306 e. The van der Waals surface area contributed by atoms with Crippen LogP contribution in [-0.4, -0.2) is 24.3 Å². The molecule has 0 aliphatic heterocycles. The summed E-state index contributed by atoms with van der Waals surface area (Å²) in [5, 5.41) is 2.61. The lowest BCUT2D eigenvalue weighted by molar-refractivity contribution is -0.147. The molecule has 1 N–H and O–H groups in total. The van der Waals surface area contributed by atoms with Crippen LogP contribution in [0, 0.1) is 9.39 Å². The van der Waals surface area contributed by atoms with Gasteiger partial charge in [-0.1, -0.05) is 6.07 Å². The van der Waals surface area contributed by atoms with Crippen molar-refractivity contribution in [3.05, 3.63) is 63.5 Å². The summed E-state index contributed by atoms with van der Waals surface area (Å²) < 4.78 is 18.6. The first kappa shape index (κ1) is 19.0. The van der Waals surface area contributed by atoms with Crippen molar-refractivity contribution < 1.29 is 23.5 Å². The van der Waals surface area contributed by atoms with Crippen LogP contribution in [-0.2, 0) is 14.3 Å². The van der Waals surface area contributed by atoms with Gasteiger partial charge in [-0.15, -0.1) is 0 Å². The van der Waals surface area contributed by atoms with Gasteiger partial charge in [-0.2, -0.15) is 0 Å². The molecule has 5 nitrogen and oxygen atoms in total. The maximum absolute atomic E-state index is 12.8. The van der Waals surface area contributed by atoms with E-state index in [1.807, 2.05) is 6.07 Å². The molecule has 2 aromatic carbocycles. The van der Waals surface area contributed by atoms with Crippen LogP contribution in [0.4, 0.5) is 10.1 Å². The predicted molar refractivity (Wildman–Crippen MR) is 98.7 cm³/mol. The molecular formula is C18H15FINO4. The number of esters is 1. The summed E-state index contributed by atoms with van der Waals surface area (Å²) in [5.74, 6) is -1.83. The van der Waals surface area contributed by atoms with Crippen LogP contribution in [0.2, 0.25) is 0 Å². The van der Waals surface area contributed by atoms with Gasteiger partial charge in [0.15, 0.2) is 12.4 Å². The number of nitrogens with one attached hydrogen (secondary N) is 1. The number of amides is 1. The highest BCUT2D eigenvalue weighted by Gasteiger charge is 2.12. The van der Waals surface area contributed by atoms with Gasteiger partial charge < -0.3 is 10.1 Å². The molecule has 2 aromatic rings. The molecule has 0 fully saturated rings. The second-order valence-corrected chi connectivity index (χ2v) is 6.39. The van der Waals surface area contributed by atoms with Gasteiger partial charge in [-0.05, 0) is 65.1 Å². The molecule has 0 atom stereocenters. The Balaban J connectivity index is 1.72. The number of carbonyl (C=O) groups excluding carboxylic acids is 3. The fraction of sp³-hybridized carbons (Fsp3) is 0.167. The van der Waals surface area contributed by atoms with E-state index in [9.17, 15) is 18.8 Å². The van der Waals surface area contributed by atoms with Gasteiger partial charge in [0.05, 0.1) is 6.42 Å². The van der Waals surface area contributed by atoms with Crippen LogP contribution < -0.4 is 5.32 Å². The molecule has 7 heteroatoms. The number of anilines is 1. The molecule has 0 aliphatic rings. The Morgan fingerprint density at radius 3 is 2.44 bits per heavy atom. The number of rotatable bonds is 7. The van der Waals surface area contributed by atoms with Gasteiger partial charge in [0, 0.05) is 21.2 Å². The molecule has 25 heavy (non-hydrogen) atoms. The summed E-state index contributed by atoms with van der Waals surface area (Å²) in [7, 11) is 0. The van der Waals surface area contributed by atoms with E-state index in [0.29, 0.717) is 11.3 Å². The molecule has 0 unspecified atom stereocenters. The predicted octanol–water partition coefficient (Wildman–Crippen LogP) is 3.58. The topological polar surface area (TPSA) is 72.5 Å². The number of ether oxygens (including phenoxy) is 1. The number of carbonyl (C=O) groups is 3. The van der Waals surface area contributed by atoms with Gasteiger partial charge in [0.2, 0.25) is 0 Å². The van der Waals surface area contributed by atoms with Crippen molar-refractivity contribution in [3.63, 3.8) is 0 Å². The van der Waals surface area contributed by atoms with Crippen molar-refractivity contribution in [2.24, 2.45) is 0 Å². The van der Waals surface area contributed by atoms with E-state index >= 15 is 0 Å². The van der Waals surface area contributed by atoms with Crippen LogP contribution >= 0.6 is 22.6 Å². The fourth-order valence-electron chi connectivity index (χ4n) is 1.98. The third kappa shape index (κ3) is 6.61. The first-order valence-electron chi connectivity index (χ1n) is 7.44.